The minimum absolute atomic E-state index is 0.111. The van der Waals surface area contributed by atoms with E-state index in [4.69, 9.17) is 4.42 Å². The minimum atomic E-state index is -0.159. The maximum atomic E-state index is 12.5. The van der Waals surface area contributed by atoms with Crippen LogP contribution in [0.5, 0.6) is 0 Å². The van der Waals surface area contributed by atoms with Gasteiger partial charge in [0.05, 0.1) is 5.33 Å². The van der Waals surface area contributed by atoms with Crippen molar-refractivity contribution < 1.29 is 14.0 Å². The summed E-state index contributed by atoms with van der Waals surface area (Å²) in [4.78, 5) is 25.8. The molecule has 0 radical (unpaired) electrons. The summed E-state index contributed by atoms with van der Waals surface area (Å²) in [7, 11) is 0. The van der Waals surface area contributed by atoms with Gasteiger partial charge in [0.2, 0.25) is 5.78 Å². The van der Waals surface area contributed by atoms with Crippen LogP contribution < -0.4 is 0 Å². The molecule has 0 bridgehead atoms. The van der Waals surface area contributed by atoms with Crippen molar-refractivity contribution in [2.24, 2.45) is 0 Å². The highest BCUT2D eigenvalue weighted by molar-refractivity contribution is 9.09. The van der Waals surface area contributed by atoms with Crippen LogP contribution in [0.2, 0.25) is 0 Å². The Morgan fingerprint density at radius 1 is 1.19 bits per heavy atom. The molecule has 21 heavy (non-hydrogen) atoms. The lowest BCUT2D eigenvalue weighted by atomic mass is 10.2. The standard InChI is InChI=1S/C16H24BrNO3/c1-4-5-6-7-10-18(12(2)3)16(20)15-9-8-14(21-15)13(19)11-17/h8-9,12H,4-7,10-11H2,1-3H3. The fraction of sp³-hybridized carbons (Fsp3) is 0.625. The van der Waals surface area contributed by atoms with Crippen LogP contribution in [0.3, 0.4) is 0 Å². The average Bonchev–Trinajstić information content (AvgIpc) is 2.95. The summed E-state index contributed by atoms with van der Waals surface area (Å²) >= 11 is 3.09. The molecule has 0 fully saturated rings. The molecule has 0 saturated heterocycles. The van der Waals surface area contributed by atoms with E-state index < -0.39 is 0 Å². The Bertz CT molecular complexity index is 468. The molecular formula is C16H24BrNO3. The molecule has 0 atom stereocenters. The van der Waals surface area contributed by atoms with Gasteiger partial charge in [-0.15, -0.1) is 0 Å². The van der Waals surface area contributed by atoms with E-state index in [1.165, 1.54) is 12.8 Å². The largest absolute Gasteiger partial charge is 0.448 e. The highest BCUT2D eigenvalue weighted by Gasteiger charge is 2.22. The predicted octanol–water partition coefficient (Wildman–Crippen LogP) is 4.29. The van der Waals surface area contributed by atoms with Gasteiger partial charge in [0.1, 0.15) is 0 Å². The van der Waals surface area contributed by atoms with Gasteiger partial charge in [-0.1, -0.05) is 42.1 Å². The number of carbonyl (C=O) groups excluding carboxylic acids is 2. The van der Waals surface area contributed by atoms with Gasteiger partial charge in [0, 0.05) is 12.6 Å². The zero-order valence-electron chi connectivity index (χ0n) is 13.0. The van der Waals surface area contributed by atoms with Gasteiger partial charge in [-0.05, 0) is 32.4 Å². The van der Waals surface area contributed by atoms with E-state index in [0.717, 1.165) is 19.4 Å². The monoisotopic (exact) mass is 357 g/mol. The van der Waals surface area contributed by atoms with Crippen molar-refractivity contribution >= 4 is 27.6 Å². The van der Waals surface area contributed by atoms with Crippen molar-refractivity contribution in [2.75, 3.05) is 11.9 Å². The number of rotatable bonds is 9. The molecule has 0 N–H and O–H groups in total. The molecular weight excluding hydrogens is 334 g/mol. The topological polar surface area (TPSA) is 50.5 Å². The van der Waals surface area contributed by atoms with Crippen molar-refractivity contribution in [1.29, 1.82) is 0 Å². The summed E-state index contributed by atoms with van der Waals surface area (Å²) in [6.45, 7) is 6.87. The number of carbonyl (C=O) groups is 2. The zero-order valence-corrected chi connectivity index (χ0v) is 14.6. The van der Waals surface area contributed by atoms with Crippen LogP contribution in [0.25, 0.3) is 0 Å². The number of amides is 1. The van der Waals surface area contributed by atoms with Gasteiger partial charge in [0.25, 0.3) is 5.91 Å². The molecule has 1 amide bonds. The molecule has 118 valence electrons. The fourth-order valence-electron chi connectivity index (χ4n) is 2.11. The maximum absolute atomic E-state index is 12.5. The second-order valence-corrected chi connectivity index (χ2v) is 5.93. The van der Waals surface area contributed by atoms with E-state index in [-0.39, 0.29) is 34.6 Å². The Morgan fingerprint density at radius 2 is 1.86 bits per heavy atom. The lowest BCUT2D eigenvalue weighted by molar-refractivity contribution is 0.0667. The molecule has 1 aromatic heterocycles. The molecule has 1 aromatic rings. The second-order valence-electron chi connectivity index (χ2n) is 5.37. The number of furan rings is 1. The third kappa shape index (κ3) is 5.30. The Morgan fingerprint density at radius 3 is 2.43 bits per heavy atom. The zero-order chi connectivity index (χ0) is 15.8. The van der Waals surface area contributed by atoms with Crippen LogP contribution >= 0.6 is 15.9 Å². The fourth-order valence-corrected chi connectivity index (χ4v) is 2.39. The number of nitrogens with zero attached hydrogens (tertiary/aromatic N) is 1. The first kappa shape index (κ1) is 18.0. The van der Waals surface area contributed by atoms with E-state index in [9.17, 15) is 9.59 Å². The first-order chi connectivity index (χ1) is 10.0. The number of alkyl halides is 1. The van der Waals surface area contributed by atoms with Crippen LogP contribution in [0.15, 0.2) is 16.5 Å². The van der Waals surface area contributed by atoms with Gasteiger partial charge in [-0.3, -0.25) is 9.59 Å². The summed E-state index contributed by atoms with van der Waals surface area (Å²) < 4.78 is 5.39. The van der Waals surface area contributed by atoms with Gasteiger partial charge in [-0.25, -0.2) is 0 Å². The Hall–Kier alpha value is -1.10. The number of hydrogen-bond acceptors (Lipinski definition) is 3. The van der Waals surface area contributed by atoms with Crippen molar-refractivity contribution in [2.45, 2.75) is 52.5 Å². The quantitative estimate of drug-likeness (QED) is 0.376. The number of hydrogen-bond donors (Lipinski definition) is 0. The average molecular weight is 358 g/mol. The van der Waals surface area contributed by atoms with E-state index >= 15 is 0 Å². The predicted molar refractivity (Wildman–Crippen MR) is 87.1 cm³/mol. The highest BCUT2D eigenvalue weighted by atomic mass is 79.9. The number of unbranched alkanes of at least 4 members (excludes halogenated alkanes) is 3. The Kier molecular flexibility index (Phi) is 7.72. The molecule has 0 aromatic carbocycles. The van der Waals surface area contributed by atoms with Gasteiger partial charge in [0.15, 0.2) is 11.5 Å². The van der Waals surface area contributed by atoms with Gasteiger partial charge in [-0.2, -0.15) is 0 Å². The summed E-state index contributed by atoms with van der Waals surface area (Å²) in [5.74, 6) is 0.164. The molecule has 0 aliphatic carbocycles. The molecule has 0 saturated carbocycles. The lowest BCUT2D eigenvalue weighted by Crippen LogP contribution is -2.37. The van der Waals surface area contributed by atoms with E-state index in [0.29, 0.717) is 0 Å². The molecule has 5 heteroatoms. The van der Waals surface area contributed by atoms with Crippen LogP contribution in [0.1, 0.15) is 67.6 Å². The Balaban J connectivity index is 2.71. The summed E-state index contributed by atoms with van der Waals surface area (Å²) in [6, 6.07) is 3.26. The van der Waals surface area contributed by atoms with Gasteiger partial charge >= 0.3 is 0 Å². The van der Waals surface area contributed by atoms with Crippen molar-refractivity contribution in [1.82, 2.24) is 4.90 Å². The number of Topliss-reactive ketones (excluding diaryl/α,β-unsaturated/α-hetero) is 1. The molecule has 1 heterocycles. The SMILES string of the molecule is CCCCCCN(C(=O)c1ccc(C(=O)CBr)o1)C(C)C. The van der Waals surface area contributed by atoms with Crippen LogP contribution in [0.4, 0.5) is 0 Å². The van der Waals surface area contributed by atoms with Crippen LogP contribution in [-0.4, -0.2) is 34.5 Å². The van der Waals surface area contributed by atoms with Crippen LogP contribution in [-0.2, 0) is 0 Å². The molecule has 0 spiro atoms. The van der Waals surface area contributed by atoms with Gasteiger partial charge < -0.3 is 9.32 Å². The highest BCUT2D eigenvalue weighted by Crippen LogP contribution is 2.15. The molecule has 0 aliphatic heterocycles. The summed E-state index contributed by atoms with van der Waals surface area (Å²) in [6.07, 6.45) is 4.47. The Labute approximate surface area is 135 Å². The van der Waals surface area contributed by atoms with E-state index in [1.807, 2.05) is 13.8 Å². The maximum Gasteiger partial charge on any atom is 0.289 e. The number of ketones is 1. The lowest BCUT2D eigenvalue weighted by Gasteiger charge is -2.25. The van der Waals surface area contributed by atoms with Crippen molar-refractivity contribution in [3.8, 4) is 0 Å². The third-order valence-corrected chi connectivity index (χ3v) is 3.86. The minimum Gasteiger partial charge on any atom is -0.448 e. The van der Waals surface area contributed by atoms with E-state index in [1.54, 1.807) is 17.0 Å². The van der Waals surface area contributed by atoms with Crippen molar-refractivity contribution in [3.05, 3.63) is 23.7 Å². The molecule has 1 rings (SSSR count). The molecule has 0 unspecified atom stereocenters. The molecule has 0 aliphatic rings. The first-order valence-electron chi connectivity index (χ1n) is 7.51. The summed E-state index contributed by atoms with van der Waals surface area (Å²) in [5, 5.41) is 0.194. The number of halogens is 1. The third-order valence-electron chi connectivity index (χ3n) is 3.35. The smallest absolute Gasteiger partial charge is 0.289 e. The normalized spacial score (nSPS) is 10.9. The first-order valence-corrected chi connectivity index (χ1v) is 8.63. The van der Waals surface area contributed by atoms with Crippen molar-refractivity contribution in [3.63, 3.8) is 0 Å². The second kappa shape index (κ2) is 9.03. The molecule has 4 nitrogen and oxygen atoms in total. The van der Waals surface area contributed by atoms with Crippen LogP contribution in [0, 0.1) is 0 Å². The van der Waals surface area contributed by atoms with E-state index in [2.05, 4.69) is 22.9 Å². The summed E-state index contributed by atoms with van der Waals surface area (Å²) in [5.41, 5.74) is 0.